The molecule has 0 aliphatic carbocycles. The lowest BCUT2D eigenvalue weighted by molar-refractivity contribution is -0.0516. The Kier molecular flexibility index (Phi) is 7.46. The maximum atomic E-state index is 10.6. The molecule has 0 radical (unpaired) electrons. The number of ether oxygens (including phenoxy) is 1. The number of rotatable bonds is 7. The SMILES string of the molecule is CCn1cc(-c2nc3cnc(C(O)C(C)(C)O)cc3nc2N2CCC(Oc3cc(Cl)ccc3Cl)CC2)cn1. The minimum Gasteiger partial charge on any atom is -0.489 e. The molecule has 5 rings (SSSR count). The highest BCUT2D eigenvalue weighted by atomic mass is 35.5. The number of nitrogens with zero attached hydrogens (tertiary/aromatic N) is 6. The summed E-state index contributed by atoms with van der Waals surface area (Å²) in [5.41, 5.74) is 1.74. The molecule has 1 saturated heterocycles. The van der Waals surface area contributed by atoms with Gasteiger partial charge in [0.05, 0.1) is 34.2 Å². The molecule has 0 saturated carbocycles. The molecule has 1 aliphatic heterocycles. The van der Waals surface area contributed by atoms with E-state index in [1.165, 1.54) is 13.8 Å². The summed E-state index contributed by atoms with van der Waals surface area (Å²) in [4.78, 5) is 16.4. The summed E-state index contributed by atoms with van der Waals surface area (Å²) in [5.74, 6) is 1.31. The zero-order chi connectivity index (χ0) is 27.0. The van der Waals surface area contributed by atoms with Crippen LogP contribution in [0.4, 0.5) is 5.82 Å². The van der Waals surface area contributed by atoms with Crippen molar-refractivity contribution in [2.24, 2.45) is 0 Å². The largest absolute Gasteiger partial charge is 0.489 e. The van der Waals surface area contributed by atoms with E-state index in [0.717, 1.165) is 30.8 Å². The monoisotopic (exact) mass is 556 g/mol. The van der Waals surface area contributed by atoms with Gasteiger partial charge in [0, 0.05) is 55.3 Å². The van der Waals surface area contributed by atoms with Gasteiger partial charge in [-0.15, -0.1) is 0 Å². The van der Waals surface area contributed by atoms with Gasteiger partial charge in [-0.3, -0.25) is 9.67 Å². The Hall–Kier alpha value is -2.98. The average molecular weight is 557 g/mol. The van der Waals surface area contributed by atoms with Crippen LogP contribution in [0.1, 0.15) is 45.4 Å². The summed E-state index contributed by atoms with van der Waals surface area (Å²) >= 11 is 12.4. The van der Waals surface area contributed by atoms with Gasteiger partial charge in [0.2, 0.25) is 0 Å². The number of aryl methyl sites for hydroxylation is 1. The van der Waals surface area contributed by atoms with Crippen molar-refractivity contribution >= 4 is 40.1 Å². The standard InChI is InChI=1S/C27H30Cl2N6O3/c1-4-35-15-16(13-31-35)24-26(33-20-12-21(25(36)27(2,3)37)30-14-22(20)32-24)34-9-7-18(8-10-34)38-23-11-17(28)5-6-19(23)29/h5-6,11-15,18,25,36-37H,4,7-10H2,1-3H3. The number of fused-ring (bicyclic) bond motifs is 1. The van der Waals surface area contributed by atoms with E-state index in [1.807, 2.05) is 17.8 Å². The van der Waals surface area contributed by atoms with E-state index >= 15 is 0 Å². The van der Waals surface area contributed by atoms with Gasteiger partial charge >= 0.3 is 0 Å². The normalized spacial score (nSPS) is 15.7. The molecule has 1 aromatic carbocycles. The summed E-state index contributed by atoms with van der Waals surface area (Å²) in [7, 11) is 0. The van der Waals surface area contributed by atoms with Gasteiger partial charge in [-0.1, -0.05) is 23.2 Å². The second-order valence-corrected chi connectivity index (χ2v) is 10.9. The Morgan fingerprint density at radius 1 is 1.11 bits per heavy atom. The maximum Gasteiger partial charge on any atom is 0.156 e. The van der Waals surface area contributed by atoms with Crippen LogP contribution in [0.5, 0.6) is 5.75 Å². The molecule has 4 aromatic rings. The Morgan fingerprint density at radius 3 is 2.55 bits per heavy atom. The number of hydrogen-bond donors (Lipinski definition) is 2. The van der Waals surface area contributed by atoms with Crippen LogP contribution in [0.2, 0.25) is 10.0 Å². The van der Waals surface area contributed by atoms with Crippen LogP contribution >= 0.6 is 23.2 Å². The minimum atomic E-state index is -1.35. The molecule has 2 N–H and O–H groups in total. The van der Waals surface area contributed by atoms with E-state index in [4.69, 9.17) is 37.9 Å². The topological polar surface area (TPSA) is 109 Å². The third-order valence-electron chi connectivity index (χ3n) is 6.66. The first-order chi connectivity index (χ1) is 18.1. The predicted octanol–water partition coefficient (Wildman–Crippen LogP) is 5.07. The number of halogens is 2. The molecule has 1 atom stereocenters. The van der Waals surface area contributed by atoms with Crippen molar-refractivity contribution in [2.75, 3.05) is 18.0 Å². The lowest BCUT2D eigenvalue weighted by atomic mass is 9.98. The van der Waals surface area contributed by atoms with Crippen LogP contribution in [-0.2, 0) is 6.54 Å². The first-order valence-electron chi connectivity index (χ1n) is 12.6. The van der Waals surface area contributed by atoms with Crippen molar-refractivity contribution in [1.82, 2.24) is 24.7 Å². The molecule has 9 nitrogen and oxygen atoms in total. The fraction of sp³-hybridized carbons (Fsp3) is 0.407. The Bertz CT molecular complexity index is 1450. The number of benzene rings is 1. The molecule has 1 unspecified atom stereocenters. The molecule has 200 valence electrons. The van der Waals surface area contributed by atoms with Crippen LogP contribution in [0.15, 0.2) is 42.9 Å². The highest BCUT2D eigenvalue weighted by molar-refractivity contribution is 6.34. The van der Waals surface area contributed by atoms with E-state index in [9.17, 15) is 10.2 Å². The minimum absolute atomic E-state index is 0.0142. The van der Waals surface area contributed by atoms with Crippen LogP contribution in [-0.4, -0.2) is 59.7 Å². The highest BCUT2D eigenvalue weighted by Gasteiger charge is 2.29. The number of anilines is 1. The molecule has 1 aliphatic rings. The summed E-state index contributed by atoms with van der Waals surface area (Å²) in [6.45, 7) is 7.24. The molecular formula is C27H30Cl2N6O3. The van der Waals surface area contributed by atoms with Gasteiger partial charge < -0.3 is 19.8 Å². The van der Waals surface area contributed by atoms with E-state index < -0.39 is 11.7 Å². The van der Waals surface area contributed by atoms with Gasteiger partial charge in [0.15, 0.2) is 5.82 Å². The summed E-state index contributed by atoms with van der Waals surface area (Å²) in [6.07, 6.45) is 5.67. The number of aliphatic hydroxyl groups excluding tert-OH is 1. The first-order valence-corrected chi connectivity index (χ1v) is 13.4. The van der Waals surface area contributed by atoms with Crippen molar-refractivity contribution in [3.63, 3.8) is 0 Å². The Balaban J connectivity index is 1.46. The van der Waals surface area contributed by atoms with Crippen LogP contribution in [0, 0.1) is 0 Å². The number of aliphatic hydroxyl groups is 2. The van der Waals surface area contributed by atoms with E-state index in [0.29, 0.717) is 51.3 Å². The molecule has 11 heteroatoms. The zero-order valence-corrected chi connectivity index (χ0v) is 23.0. The molecule has 0 amide bonds. The number of aromatic nitrogens is 5. The molecule has 3 aromatic heterocycles. The fourth-order valence-corrected chi connectivity index (χ4v) is 4.81. The molecule has 0 bridgehead atoms. The third kappa shape index (κ3) is 5.56. The van der Waals surface area contributed by atoms with Crippen molar-refractivity contribution < 1.29 is 14.9 Å². The van der Waals surface area contributed by atoms with Crippen molar-refractivity contribution in [3.05, 3.63) is 58.6 Å². The quantitative estimate of drug-likeness (QED) is 0.324. The maximum absolute atomic E-state index is 10.6. The number of hydrogen-bond acceptors (Lipinski definition) is 8. The second-order valence-electron chi connectivity index (χ2n) is 10.0. The molecule has 1 fully saturated rings. The summed E-state index contributed by atoms with van der Waals surface area (Å²) in [6, 6.07) is 6.90. The van der Waals surface area contributed by atoms with Crippen molar-refractivity contribution in [2.45, 2.75) is 58.0 Å². The zero-order valence-electron chi connectivity index (χ0n) is 21.5. The summed E-state index contributed by atoms with van der Waals surface area (Å²) in [5, 5.41) is 26.4. The number of piperidine rings is 1. The predicted molar refractivity (Wildman–Crippen MR) is 148 cm³/mol. The van der Waals surface area contributed by atoms with Crippen LogP contribution in [0.25, 0.3) is 22.3 Å². The molecule has 4 heterocycles. The lowest BCUT2D eigenvalue weighted by Crippen LogP contribution is -2.39. The van der Waals surface area contributed by atoms with E-state index in [-0.39, 0.29) is 6.10 Å². The highest BCUT2D eigenvalue weighted by Crippen LogP contribution is 2.34. The van der Waals surface area contributed by atoms with Gasteiger partial charge in [0.1, 0.15) is 29.2 Å². The van der Waals surface area contributed by atoms with Gasteiger partial charge in [-0.05, 0) is 39.0 Å². The molecule has 38 heavy (non-hydrogen) atoms. The van der Waals surface area contributed by atoms with Crippen LogP contribution < -0.4 is 9.64 Å². The first kappa shape index (κ1) is 26.6. The number of pyridine rings is 1. The van der Waals surface area contributed by atoms with Gasteiger partial charge in [-0.2, -0.15) is 5.10 Å². The van der Waals surface area contributed by atoms with E-state index in [1.54, 1.807) is 36.7 Å². The smallest absolute Gasteiger partial charge is 0.156 e. The van der Waals surface area contributed by atoms with Crippen molar-refractivity contribution in [1.29, 1.82) is 0 Å². The summed E-state index contributed by atoms with van der Waals surface area (Å²) < 4.78 is 8.02. The van der Waals surface area contributed by atoms with Crippen molar-refractivity contribution in [3.8, 4) is 17.0 Å². The third-order valence-corrected chi connectivity index (χ3v) is 7.21. The molecular weight excluding hydrogens is 527 g/mol. The lowest BCUT2D eigenvalue weighted by Gasteiger charge is -2.34. The fourth-order valence-electron chi connectivity index (χ4n) is 4.48. The van der Waals surface area contributed by atoms with Gasteiger partial charge in [0.25, 0.3) is 0 Å². The Morgan fingerprint density at radius 2 is 1.87 bits per heavy atom. The van der Waals surface area contributed by atoms with Crippen LogP contribution in [0.3, 0.4) is 0 Å². The average Bonchev–Trinajstić information content (AvgIpc) is 3.38. The molecule has 0 spiro atoms. The Labute approximate surface area is 231 Å². The van der Waals surface area contributed by atoms with Gasteiger partial charge in [-0.25, -0.2) is 9.97 Å². The van der Waals surface area contributed by atoms with E-state index in [2.05, 4.69) is 15.0 Å². The second kappa shape index (κ2) is 10.6.